The van der Waals surface area contributed by atoms with Crippen LogP contribution in [0.15, 0.2) is 23.1 Å². The minimum Gasteiger partial charge on any atom is -0.366 e. The van der Waals surface area contributed by atoms with Crippen LogP contribution in [0.5, 0.6) is 0 Å². The predicted molar refractivity (Wildman–Crippen MR) is 83.7 cm³/mol. The van der Waals surface area contributed by atoms with Gasteiger partial charge in [0.2, 0.25) is 0 Å². The van der Waals surface area contributed by atoms with Crippen LogP contribution >= 0.6 is 23.4 Å². The largest absolute Gasteiger partial charge is 0.366 e. The zero-order chi connectivity index (χ0) is 14.5. The maximum Gasteiger partial charge on any atom is 0.254 e. The fraction of sp³-hybridized carbons (Fsp3) is 0.500. The summed E-state index contributed by atoms with van der Waals surface area (Å²) in [6.07, 6.45) is -0.445. The van der Waals surface area contributed by atoms with Crippen molar-refractivity contribution in [1.29, 1.82) is 0 Å². The number of benzene rings is 1. The van der Waals surface area contributed by atoms with Gasteiger partial charge in [-0.15, -0.1) is 11.8 Å². The molecule has 1 aromatic carbocycles. The van der Waals surface area contributed by atoms with Gasteiger partial charge in [0.05, 0.1) is 12.3 Å². The maximum atomic E-state index is 12.2. The fourth-order valence-corrected chi connectivity index (χ4v) is 2.97. The Bertz CT molecular complexity index is 476. The molecule has 1 fully saturated rings. The highest BCUT2D eigenvalue weighted by Gasteiger charge is 2.22. The quantitative estimate of drug-likeness (QED) is 0.839. The third-order valence-corrected chi connectivity index (χ3v) is 4.10. The van der Waals surface area contributed by atoms with Gasteiger partial charge in [0.1, 0.15) is 6.10 Å². The number of hydrogen-bond donors (Lipinski definition) is 2. The summed E-state index contributed by atoms with van der Waals surface area (Å²) in [5, 5.41) is 7.10. The summed E-state index contributed by atoms with van der Waals surface area (Å²) < 4.78 is 5.45. The number of thioether (sulfide) groups is 1. The summed E-state index contributed by atoms with van der Waals surface area (Å²) in [4.78, 5) is 13.2. The molecule has 1 heterocycles. The number of nitrogens with one attached hydrogen (secondary N) is 2. The van der Waals surface area contributed by atoms with Gasteiger partial charge in [0.25, 0.3) is 5.91 Å². The predicted octanol–water partition coefficient (Wildman–Crippen LogP) is 2.77. The van der Waals surface area contributed by atoms with Crippen molar-refractivity contribution >= 4 is 35.0 Å². The summed E-state index contributed by atoms with van der Waals surface area (Å²) in [7, 11) is 0. The molecular formula is C14H19ClN2O2S. The Balaban J connectivity index is 2.10. The average Bonchev–Trinajstić information content (AvgIpc) is 2.42. The first kappa shape index (κ1) is 15.6. The number of hydrogen-bond acceptors (Lipinski definition) is 4. The highest BCUT2D eigenvalue weighted by atomic mass is 35.5. The van der Waals surface area contributed by atoms with E-state index in [-0.39, 0.29) is 5.91 Å². The summed E-state index contributed by atoms with van der Waals surface area (Å²) in [6, 6.07) is 5.55. The first-order valence-electron chi connectivity index (χ1n) is 6.65. The van der Waals surface area contributed by atoms with Gasteiger partial charge in [-0.3, -0.25) is 4.79 Å². The van der Waals surface area contributed by atoms with E-state index in [1.807, 2.05) is 12.1 Å². The summed E-state index contributed by atoms with van der Waals surface area (Å²) in [6.45, 7) is 6.10. The third-order valence-electron chi connectivity index (χ3n) is 2.78. The van der Waals surface area contributed by atoms with E-state index < -0.39 is 6.10 Å². The number of halogens is 1. The number of carbonyl (C=O) groups excluding carboxylic acids is 1. The lowest BCUT2D eigenvalue weighted by atomic mass is 10.2. The van der Waals surface area contributed by atoms with Gasteiger partial charge >= 0.3 is 0 Å². The van der Waals surface area contributed by atoms with Crippen LogP contribution in [0.2, 0.25) is 5.02 Å². The number of morpholine rings is 1. The minimum atomic E-state index is -0.445. The van der Waals surface area contributed by atoms with Gasteiger partial charge in [-0.1, -0.05) is 25.4 Å². The Morgan fingerprint density at radius 1 is 1.55 bits per heavy atom. The molecular weight excluding hydrogens is 296 g/mol. The summed E-state index contributed by atoms with van der Waals surface area (Å²) in [5.74, 6) is -0.134. The monoisotopic (exact) mass is 314 g/mol. The molecule has 1 aromatic rings. The van der Waals surface area contributed by atoms with Crippen molar-refractivity contribution in [1.82, 2.24) is 5.32 Å². The molecule has 6 heteroatoms. The minimum absolute atomic E-state index is 0.134. The lowest BCUT2D eigenvalue weighted by molar-refractivity contribution is -0.128. The Kier molecular flexibility index (Phi) is 5.72. The van der Waals surface area contributed by atoms with Gasteiger partial charge in [0, 0.05) is 28.3 Å². The second-order valence-corrected chi connectivity index (χ2v) is 6.91. The maximum absolute atomic E-state index is 12.2. The Morgan fingerprint density at radius 2 is 2.35 bits per heavy atom. The molecule has 0 saturated carbocycles. The normalized spacial score (nSPS) is 19.1. The lowest BCUT2D eigenvalue weighted by Gasteiger charge is -2.23. The molecule has 1 amide bonds. The lowest BCUT2D eigenvalue weighted by Crippen LogP contribution is -2.45. The molecule has 1 aliphatic rings. The molecule has 2 rings (SSSR count). The third kappa shape index (κ3) is 4.38. The molecule has 0 bridgehead atoms. The molecule has 0 radical (unpaired) electrons. The molecule has 2 N–H and O–H groups in total. The van der Waals surface area contributed by atoms with Crippen molar-refractivity contribution in [2.45, 2.75) is 30.1 Å². The smallest absolute Gasteiger partial charge is 0.254 e. The van der Waals surface area contributed by atoms with Gasteiger partial charge in [0.15, 0.2) is 0 Å². The van der Waals surface area contributed by atoms with E-state index in [2.05, 4.69) is 24.5 Å². The second-order valence-electron chi connectivity index (χ2n) is 4.86. The van der Waals surface area contributed by atoms with Crippen molar-refractivity contribution in [3.8, 4) is 0 Å². The molecule has 20 heavy (non-hydrogen) atoms. The molecule has 0 unspecified atom stereocenters. The van der Waals surface area contributed by atoms with Crippen LogP contribution in [0.25, 0.3) is 0 Å². The average molecular weight is 315 g/mol. The van der Waals surface area contributed by atoms with Gasteiger partial charge in [-0.2, -0.15) is 0 Å². The summed E-state index contributed by atoms with van der Waals surface area (Å²) >= 11 is 7.71. The van der Waals surface area contributed by atoms with Crippen molar-refractivity contribution in [2.75, 3.05) is 25.0 Å². The number of carbonyl (C=O) groups is 1. The standard InChI is InChI=1S/C14H19ClN2O2S/c1-9(2)20-13-4-3-10(15)7-11(13)17-14(18)12-8-16-5-6-19-12/h3-4,7,9,12,16H,5-6,8H2,1-2H3,(H,17,18)/t12-/m1/s1. The molecule has 110 valence electrons. The number of amides is 1. The zero-order valence-electron chi connectivity index (χ0n) is 11.6. The zero-order valence-corrected chi connectivity index (χ0v) is 13.2. The van der Waals surface area contributed by atoms with Gasteiger partial charge in [-0.05, 0) is 18.2 Å². The molecule has 0 aliphatic carbocycles. The summed E-state index contributed by atoms with van der Waals surface area (Å²) in [5.41, 5.74) is 0.746. The highest BCUT2D eigenvalue weighted by Crippen LogP contribution is 2.32. The van der Waals surface area contributed by atoms with Crippen molar-refractivity contribution in [2.24, 2.45) is 0 Å². The molecule has 1 saturated heterocycles. The molecule has 4 nitrogen and oxygen atoms in total. The van der Waals surface area contributed by atoms with Crippen molar-refractivity contribution in [3.63, 3.8) is 0 Å². The van der Waals surface area contributed by atoms with Crippen molar-refractivity contribution in [3.05, 3.63) is 23.2 Å². The Hall–Kier alpha value is -0.750. The van der Waals surface area contributed by atoms with E-state index in [9.17, 15) is 4.79 Å². The van der Waals surface area contributed by atoms with Crippen molar-refractivity contribution < 1.29 is 9.53 Å². The van der Waals surface area contributed by atoms with Crippen LogP contribution in [-0.2, 0) is 9.53 Å². The molecule has 0 aromatic heterocycles. The van der Waals surface area contributed by atoms with Crippen LogP contribution in [0, 0.1) is 0 Å². The van der Waals surface area contributed by atoms with Crippen LogP contribution in [0.4, 0.5) is 5.69 Å². The van der Waals surface area contributed by atoms with Gasteiger partial charge in [-0.25, -0.2) is 0 Å². The number of anilines is 1. The first-order valence-corrected chi connectivity index (χ1v) is 7.91. The van der Waals surface area contributed by atoms with Gasteiger partial charge < -0.3 is 15.4 Å². The SMILES string of the molecule is CC(C)Sc1ccc(Cl)cc1NC(=O)[C@H]1CNCCO1. The number of ether oxygens (including phenoxy) is 1. The van der Waals surface area contributed by atoms with E-state index in [0.29, 0.717) is 23.4 Å². The van der Waals surface area contributed by atoms with E-state index in [4.69, 9.17) is 16.3 Å². The highest BCUT2D eigenvalue weighted by molar-refractivity contribution is 8.00. The van der Waals surface area contributed by atoms with E-state index >= 15 is 0 Å². The van der Waals surface area contributed by atoms with E-state index in [1.54, 1.807) is 17.8 Å². The molecule has 1 aliphatic heterocycles. The molecule has 1 atom stereocenters. The van der Waals surface area contributed by atoms with Crippen LogP contribution in [0.1, 0.15) is 13.8 Å². The first-order chi connectivity index (χ1) is 9.56. The Morgan fingerprint density at radius 3 is 3.00 bits per heavy atom. The fourth-order valence-electron chi connectivity index (χ4n) is 1.90. The van der Waals surface area contributed by atoms with E-state index in [0.717, 1.165) is 17.1 Å². The van der Waals surface area contributed by atoms with Crippen LogP contribution < -0.4 is 10.6 Å². The topological polar surface area (TPSA) is 50.4 Å². The molecule has 0 spiro atoms. The van der Waals surface area contributed by atoms with Crippen LogP contribution in [0.3, 0.4) is 0 Å². The van der Waals surface area contributed by atoms with Crippen LogP contribution in [-0.4, -0.2) is 37.0 Å². The number of rotatable bonds is 4. The second kappa shape index (κ2) is 7.31. The van der Waals surface area contributed by atoms with E-state index in [1.165, 1.54) is 0 Å². The Labute approximate surface area is 128 Å².